The van der Waals surface area contributed by atoms with Crippen molar-refractivity contribution in [2.24, 2.45) is 5.73 Å². The normalized spacial score (nSPS) is 11.6. The number of ether oxygens (including phenoxy) is 1. The summed E-state index contributed by atoms with van der Waals surface area (Å²) in [5, 5.41) is 2.66. The van der Waals surface area contributed by atoms with E-state index >= 15 is 0 Å². The van der Waals surface area contributed by atoms with Crippen LogP contribution in [0.4, 0.5) is 4.79 Å². The number of hydrogen-bond donors (Lipinski definition) is 2. The van der Waals surface area contributed by atoms with E-state index in [0.29, 0.717) is 19.4 Å². The van der Waals surface area contributed by atoms with Crippen molar-refractivity contribution in [2.75, 3.05) is 20.7 Å². The van der Waals surface area contributed by atoms with Gasteiger partial charge in [0.1, 0.15) is 0 Å². The fraction of sp³-hybridized carbons (Fsp3) is 0.833. The molecule has 0 aromatic rings. The number of rotatable bonds is 20. The van der Waals surface area contributed by atoms with E-state index in [-0.39, 0.29) is 24.5 Å². The second-order valence-corrected chi connectivity index (χ2v) is 8.54. The molecule has 0 heterocycles. The van der Waals surface area contributed by atoms with E-state index in [1.165, 1.54) is 63.4 Å². The molecule has 3 N–H and O–H groups in total. The predicted molar refractivity (Wildman–Crippen MR) is 126 cm³/mol. The molecule has 0 aliphatic rings. The van der Waals surface area contributed by atoms with Gasteiger partial charge in [0.05, 0.1) is 19.6 Å². The molecule has 0 rings (SSSR count). The molecule has 0 fully saturated rings. The summed E-state index contributed by atoms with van der Waals surface area (Å²) in [6.45, 7) is 2.57. The molecule has 0 aromatic carbocycles. The summed E-state index contributed by atoms with van der Waals surface area (Å²) < 4.78 is 4.60. The Morgan fingerprint density at radius 3 is 1.88 bits per heavy atom. The van der Waals surface area contributed by atoms with Crippen molar-refractivity contribution < 1.29 is 23.9 Å². The third kappa shape index (κ3) is 16.6. The van der Waals surface area contributed by atoms with Crippen LogP contribution in [0.1, 0.15) is 103 Å². The van der Waals surface area contributed by atoms with Gasteiger partial charge in [-0.3, -0.25) is 14.4 Å². The number of methoxy groups -OCH3 is 1. The molecule has 0 aromatic heterocycles. The minimum Gasteiger partial charge on any atom is -0.453 e. The number of unbranched alkanes of at least 4 members (excludes halogenated alkanes) is 10. The van der Waals surface area contributed by atoms with Gasteiger partial charge in [-0.05, 0) is 12.8 Å². The summed E-state index contributed by atoms with van der Waals surface area (Å²) >= 11 is 0. The van der Waals surface area contributed by atoms with Crippen molar-refractivity contribution in [1.29, 1.82) is 0 Å². The van der Waals surface area contributed by atoms with Crippen LogP contribution in [-0.4, -0.2) is 55.3 Å². The van der Waals surface area contributed by atoms with Crippen molar-refractivity contribution in [2.45, 2.75) is 109 Å². The maximum absolute atomic E-state index is 12.4. The highest BCUT2D eigenvalue weighted by molar-refractivity contribution is 5.92. The fourth-order valence-corrected chi connectivity index (χ4v) is 3.57. The first-order valence-electron chi connectivity index (χ1n) is 12.2. The summed E-state index contributed by atoms with van der Waals surface area (Å²) in [6, 6.07) is -0.906. The maximum Gasteiger partial charge on any atom is 0.409 e. The monoisotopic (exact) mass is 455 g/mol. The van der Waals surface area contributed by atoms with Crippen LogP contribution >= 0.6 is 0 Å². The number of carbonyl (C=O) groups excluding carboxylic acids is 4. The number of Topliss-reactive ketones (excluding diaryl/α,β-unsaturated/α-hetero) is 1. The lowest BCUT2D eigenvalue weighted by molar-refractivity contribution is -0.130. The van der Waals surface area contributed by atoms with Gasteiger partial charge in [-0.15, -0.1) is 0 Å². The molecule has 1 atom stereocenters. The van der Waals surface area contributed by atoms with Gasteiger partial charge in [0.15, 0.2) is 5.78 Å². The smallest absolute Gasteiger partial charge is 0.409 e. The number of ketones is 1. The molecule has 0 aliphatic carbocycles. The van der Waals surface area contributed by atoms with E-state index in [0.717, 1.165) is 19.3 Å². The van der Waals surface area contributed by atoms with Crippen molar-refractivity contribution in [3.63, 3.8) is 0 Å². The van der Waals surface area contributed by atoms with Crippen molar-refractivity contribution in [1.82, 2.24) is 10.2 Å². The van der Waals surface area contributed by atoms with Crippen LogP contribution in [0.3, 0.4) is 0 Å². The number of carbonyl (C=O) groups is 4. The SMILES string of the molecule is CCCCCCCCCCCCCC(=O)N[C@H](CC(N)=O)C(=O)CCCN(C)C(=O)OC. The minimum atomic E-state index is -0.906. The Kier molecular flexibility index (Phi) is 18.3. The van der Waals surface area contributed by atoms with Gasteiger partial charge >= 0.3 is 6.09 Å². The van der Waals surface area contributed by atoms with Crippen molar-refractivity contribution in [3.8, 4) is 0 Å². The first kappa shape index (κ1) is 29.9. The third-order valence-corrected chi connectivity index (χ3v) is 5.54. The fourth-order valence-electron chi connectivity index (χ4n) is 3.57. The Labute approximate surface area is 194 Å². The number of amides is 3. The molecule has 8 nitrogen and oxygen atoms in total. The van der Waals surface area contributed by atoms with E-state index in [1.54, 1.807) is 7.05 Å². The lowest BCUT2D eigenvalue weighted by atomic mass is 10.0. The second-order valence-electron chi connectivity index (χ2n) is 8.54. The summed E-state index contributed by atoms with van der Waals surface area (Å²) in [6.07, 6.45) is 13.4. The Morgan fingerprint density at radius 1 is 0.844 bits per heavy atom. The van der Waals surface area contributed by atoms with Gasteiger partial charge in [-0.1, -0.05) is 71.1 Å². The van der Waals surface area contributed by atoms with E-state index in [4.69, 9.17) is 5.73 Å². The Morgan fingerprint density at radius 2 is 1.38 bits per heavy atom. The Hall–Kier alpha value is -2.12. The van der Waals surface area contributed by atoms with Gasteiger partial charge in [0.2, 0.25) is 11.8 Å². The molecule has 0 saturated heterocycles. The molecule has 0 radical (unpaired) electrons. The summed E-state index contributed by atoms with van der Waals surface area (Å²) in [5.74, 6) is -1.12. The average molecular weight is 456 g/mol. The Balaban J connectivity index is 4.06. The maximum atomic E-state index is 12.4. The average Bonchev–Trinajstić information content (AvgIpc) is 2.75. The molecule has 0 unspecified atom stereocenters. The molecule has 0 spiro atoms. The summed E-state index contributed by atoms with van der Waals surface area (Å²) in [4.78, 5) is 48.7. The van der Waals surface area contributed by atoms with Crippen LogP contribution in [0.2, 0.25) is 0 Å². The molecule has 8 heteroatoms. The first-order chi connectivity index (χ1) is 15.3. The molecule has 32 heavy (non-hydrogen) atoms. The lowest BCUT2D eigenvalue weighted by Gasteiger charge is -2.18. The molecular weight excluding hydrogens is 410 g/mol. The van der Waals surface area contributed by atoms with Crippen LogP contribution in [0.5, 0.6) is 0 Å². The van der Waals surface area contributed by atoms with Crippen molar-refractivity contribution in [3.05, 3.63) is 0 Å². The van der Waals surface area contributed by atoms with Gasteiger partial charge < -0.3 is 20.7 Å². The van der Waals surface area contributed by atoms with E-state index in [9.17, 15) is 19.2 Å². The van der Waals surface area contributed by atoms with Gasteiger partial charge in [0, 0.05) is 26.4 Å². The van der Waals surface area contributed by atoms with Gasteiger partial charge in [0.25, 0.3) is 0 Å². The largest absolute Gasteiger partial charge is 0.453 e. The second kappa shape index (κ2) is 19.6. The van der Waals surface area contributed by atoms with Crippen molar-refractivity contribution >= 4 is 23.7 Å². The zero-order chi connectivity index (χ0) is 24.2. The zero-order valence-corrected chi connectivity index (χ0v) is 20.5. The standard InChI is InChI=1S/C24H45N3O5/c1-4-5-6-7-8-9-10-11-12-13-14-17-23(30)26-20(19-22(25)29)21(28)16-15-18-27(2)24(31)32-3/h20H,4-19H2,1-3H3,(H2,25,29)(H,26,30)/t20-/m1/s1. The molecule has 0 saturated carbocycles. The highest BCUT2D eigenvalue weighted by atomic mass is 16.5. The van der Waals surface area contributed by atoms with Crippen LogP contribution in [0.15, 0.2) is 0 Å². The molecule has 0 bridgehead atoms. The lowest BCUT2D eigenvalue weighted by Crippen LogP contribution is -2.43. The van der Waals surface area contributed by atoms with Crippen LogP contribution in [0.25, 0.3) is 0 Å². The van der Waals surface area contributed by atoms with Crippen LogP contribution in [0, 0.1) is 0 Å². The molecule has 3 amide bonds. The Bertz CT molecular complexity index is 554. The van der Waals surface area contributed by atoms with E-state index in [2.05, 4.69) is 17.0 Å². The van der Waals surface area contributed by atoms with Crippen LogP contribution in [-0.2, 0) is 19.1 Å². The first-order valence-corrected chi connectivity index (χ1v) is 12.2. The quantitative estimate of drug-likeness (QED) is 0.268. The third-order valence-electron chi connectivity index (χ3n) is 5.54. The van der Waals surface area contributed by atoms with Gasteiger partial charge in [-0.2, -0.15) is 0 Å². The number of nitrogens with one attached hydrogen (secondary N) is 1. The number of primary amides is 1. The van der Waals surface area contributed by atoms with Gasteiger partial charge in [-0.25, -0.2) is 4.79 Å². The highest BCUT2D eigenvalue weighted by Crippen LogP contribution is 2.12. The number of hydrogen-bond acceptors (Lipinski definition) is 5. The molecule has 186 valence electrons. The molecule has 0 aliphatic heterocycles. The predicted octanol–water partition coefficient (Wildman–Crippen LogP) is 4.10. The molecular formula is C24H45N3O5. The van der Waals surface area contributed by atoms with E-state index < -0.39 is 18.0 Å². The zero-order valence-electron chi connectivity index (χ0n) is 20.5. The summed E-state index contributed by atoms with van der Waals surface area (Å²) in [7, 11) is 2.87. The van der Waals surface area contributed by atoms with E-state index in [1.807, 2.05) is 0 Å². The summed E-state index contributed by atoms with van der Waals surface area (Å²) in [5.41, 5.74) is 5.24. The number of nitrogens with zero attached hydrogens (tertiary/aromatic N) is 1. The number of nitrogens with two attached hydrogens (primary N) is 1. The minimum absolute atomic E-state index is 0.137. The highest BCUT2D eigenvalue weighted by Gasteiger charge is 2.22. The topological polar surface area (TPSA) is 119 Å². The van der Waals surface area contributed by atoms with Crippen LogP contribution < -0.4 is 11.1 Å².